The zero-order valence-electron chi connectivity index (χ0n) is 11.5. The lowest BCUT2D eigenvalue weighted by Gasteiger charge is -2.27. The van der Waals surface area contributed by atoms with Crippen LogP contribution in [0.3, 0.4) is 0 Å². The van der Waals surface area contributed by atoms with Gasteiger partial charge in [-0.3, -0.25) is 4.79 Å². The van der Waals surface area contributed by atoms with E-state index in [4.69, 9.17) is 11.0 Å². The molecule has 0 saturated carbocycles. The number of imidazole rings is 1. The van der Waals surface area contributed by atoms with E-state index in [0.29, 0.717) is 43.0 Å². The van der Waals surface area contributed by atoms with E-state index in [0.717, 1.165) is 10.4 Å². The van der Waals surface area contributed by atoms with Crippen molar-refractivity contribution in [2.45, 2.75) is 25.9 Å². The standard InChI is InChI=1S/C14H15N5OS/c15-7-11-10-1-5-19(8-12(10)21-14(11)16)13(20)2-4-18-6-3-17-9-18/h3,6,9H,1-2,4-5,8,16H2. The number of hydrogen-bond acceptors (Lipinski definition) is 5. The SMILES string of the molecule is N#Cc1c(N)sc2c1CCN(C(=O)CCn1ccnc1)C2. The molecular formula is C14H15N5OS. The summed E-state index contributed by atoms with van der Waals surface area (Å²) in [6.45, 7) is 1.85. The number of rotatable bonds is 3. The summed E-state index contributed by atoms with van der Waals surface area (Å²) in [5.41, 5.74) is 7.48. The van der Waals surface area contributed by atoms with E-state index in [9.17, 15) is 4.79 Å². The Bertz CT molecular complexity index is 698. The maximum absolute atomic E-state index is 12.3. The maximum atomic E-state index is 12.3. The summed E-state index contributed by atoms with van der Waals surface area (Å²) in [5, 5.41) is 9.68. The van der Waals surface area contributed by atoms with E-state index in [1.54, 1.807) is 12.5 Å². The third-order valence-corrected chi connectivity index (χ3v) is 4.74. The molecule has 1 aliphatic heterocycles. The molecule has 108 valence electrons. The second-order valence-electron chi connectivity index (χ2n) is 4.97. The third kappa shape index (κ3) is 2.62. The molecule has 1 aliphatic rings. The number of hydrogen-bond donors (Lipinski definition) is 1. The smallest absolute Gasteiger partial charge is 0.224 e. The molecule has 0 fully saturated rings. The number of carbonyl (C=O) groups excluding carboxylic acids is 1. The second-order valence-corrected chi connectivity index (χ2v) is 6.11. The van der Waals surface area contributed by atoms with Gasteiger partial charge in [0.1, 0.15) is 11.1 Å². The molecule has 0 spiro atoms. The van der Waals surface area contributed by atoms with Gasteiger partial charge in [-0.2, -0.15) is 5.26 Å². The van der Waals surface area contributed by atoms with Crippen molar-refractivity contribution < 1.29 is 4.79 Å². The number of fused-ring (bicyclic) bond motifs is 1. The Labute approximate surface area is 126 Å². The molecular weight excluding hydrogens is 286 g/mol. The zero-order valence-corrected chi connectivity index (χ0v) is 12.3. The third-order valence-electron chi connectivity index (χ3n) is 3.69. The van der Waals surface area contributed by atoms with Crippen molar-refractivity contribution in [3.8, 4) is 6.07 Å². The number of carbonyl (C=O) groups is 1. The van der Waals surface area contributed by atoms with E-state index in [-0.39, 0.29) is 5.91 Å². The maximum Gasteiger partial charge on any atom is 0.224 e. The normalized spacial score (nSPS) is 13.8. The zero-order chi connectivity index (χ0) is 14.8. The van der Waals surface area contributed by atoms with Crippen LogP contribution in [-0.2, 0) is 24.3 Å². The van der Waals surface area contributed by atoms with Crippen molar-refractivity contribution >= 4 is 22.2 Å². The predicted octanol–water partition coefficient (Wildman–Crippen LogP) is 1.37. The first-order valence-electron chi connectivity index (χ1n) is 6.72. The van der Waals surface area contributed by atoms with Gasteiger partial charge in [-0.1, -0.05) is 0 Å². The molecule has 1 amide bonds. The molecule has 6 nitrogen and oxygen atoms in total. The van der Waals surface area contributed by atoms with Crippen LogP contribution >= 0.6 is 11.3 Å². The van der Waals surface area contributed by atoms with Crippen molar-refractivity contribution in [1.29, 1.82) is 5.26 Å². The van der Waals surface area contributed by atoms with Crippen molar-refractivity contribution in [2.24, 2.45) is 0 Å². The minimum atomic E-state index is 0.125. The fourth-order valence-electron chi connectivity index (χ4n) is 2.56. The van der Waals surface area contributed by atoms with Crippen LogP contribution in [-0.4, -0.2) is 26.9 Å². The fourth-order valence-corrected chi connectivity index (χ4v) is 3.65. The van der Waals surface area contributed by atoms with E-state index in [2.05, 4.69) is 11.1 Å². The molecule has 21 heavy (non-hydrogen) atoms. The first kappa shape index (κ1) is 13.6. The molecule has 0 aromatic carbocycles. The highest BCUT2D eigenvalue weighted by molar-refractivity contribution is 7.16. The molecule has 0 bridgehead atoms. The average Bonchev–Trinajstić information content (AvgIpc) is 3.10. The van der Waals surface area contributed by atoms with Gasteiger partial charge < -0.3 is 15.2 Å². The van der Waals surface area contributed by atoms with E-state index in [1.165, 1.54) is 11.3 Å². The number of nitrogens with two attached hydrogens (primary N) is 1. The van der Waals surface area contributed by atoms with Gasteiger partial charge >= 0.3 is 0 Å². The van der Waals surface area contributed by atoms with Crippen LogP contribution in [0.25, 0.3) is 0 Å². The number of nitrogens with zero attached hydrogens (tertiary/aromatic N) is 4. The lowest BCUT2D eigenvalue weighted by molar-refractivity contribution is -0.132. The summed E-state index contributed by atoms with van der Waals surface area (Å²) in [7, 11) is 0. The Kier molecular flexibility index (Phi) is 3.62. The number of amides is 1. The van der Waals surface area contributed by atoms with Gasteiger partial charge in [-0.15, -0.1) is 11.3 Å². The Morgan fingerprint density at radius 2 is 2.43 bits per heavy atom. The van der Waals surface area contributed by atoms with Crippen molar-refractivity contribution in [2.75, 3.05) is 12.3 Å². The Hall–Kier alpha value is -2.33. The van der Waals surface area contributed by atoms with Gasteiger partial charge in [0.2, 0.25) is 5.91 Å². The minimum absolute atomic E-state index is 0.125. The van der Waals surface area contributed by atoms with E-state index in [1.807, 2.05) is 15.7 Å². The minimum Gasteiger partial charge on any atom is -0.389 e. The summed E-state index contributed by atoms with van der Waals surface area (Å²) >= 11 is 1.42. The highest BCUT2D eigenvalue weighted by Crippen LogP contribution is 2.34. The molecule has 2 aromatic heterocycles. The number of nitriles is 1. The van der Waals surface area contributed by atoms with Crippen molar-refractivity contribution in [3.05, 3.63) is 34.7 Å². The largest absolute Gasteiger partial charge is 0.389 e. The lowest BCUT2D eigenvalue weighted by atomic mass is 10.0. The van der Waals surface area contributed by atoms with E-state index < -0.39 is 0 Å². The van der Waals surface area contributed by atoms with E-state index >= 15 is 0 Å². The quantitative estimate of drug-likeness (QED) is 0.927. The molecule has 0 aliphatic carbocycles. The molecule has 3 heterocycles. The molecule has 0 unspecified atom stereocenters. The van der Waals surface area contributed by atoms with Crippen LogP contribution in [0.4, 0.5) is 5.00 Å². The van der Waals surface area contributed by atoms with Gasteiger partial charge in [0.25, 0.3) is 0 Å². The molecule has 2 N–H and O–H groups in total. The van der Waals surface area contributed by atoms with Crippen LogP contribution < -0.4 is 5.73 Å². The van der Waals surface area contributed by atoms with Gasteiger partial charge in [-0.25, -0.2) is 4.98 Å². The van der Waals surface area contributed by atoms with Crippen LogP contribution in [0.15, 0.2) is 18.7 Å². The first-order valence-corrected chi connectivity index (χ1v) is 7.54. The fraction of sp³-hybridized carbons (Fsp3) is 0.357. The predicted molar refractivity (Wildman–Crippen MR) is 79.4 cm³/mol. The molecule has 7 heteroatoms. The molecule has 0 saturated heterocycles. The van der Waals surface area contributed by atoms with Gasteiger partial charge in [0, 0.05) is 36.8 Å². The Balaban J connectivity index is 1.66. The van der Waals surface area contributed by atoms with Crippen LogP contribution in [0.5, 0.6) is 0 Å². The summed E-state index contributed by atoms with van der Waals surface area (Å²) in [6, 6.07) is 2.16. The Morgan fingerprint density at radius 3 is 3.14 bits per heavy atom. The monoisotopic (exact) mass is 301 g/mol. The second kappa shape index (κ2) is 5.58. The molecule has 0 radical (unpaired) electrons. The lowest BCUT2D eigenvalue weighted by Crippen LogP contribution is -2.35. The molecule has 0 atom stereocenters. The summed E-state index contributed by atoms with van der Waals surface area (Å²) < 4.78 is 1.89. The van der Waals surface area contributed by atoms with Gasteiger partial charge in [0.15, 0.2) is 0 Å². The van der Waals surface area contributed by atoms with Crippen LogP contribution in [0.1, 0.15) is 22.4 Å². The number of aryl methyl sites for hydroxylation is 1. The summed E-state index contributed by atoms with van der Waals surface area (Å²) in [4.78, 5) is 19.1. The summed E-state index contributed by atoms with van der Waals surface area (Å²) in [5.74, 6) is 0.125. The number of nitrogen functional groups attached to an aromatic ring is 1. The van der Waals surface area contributed by atoms with Gasteiger partial charge in [0.05, 0.1) is 18.4 Å². The number of aromatic nitrogens is 2. The van der Waals surface area contributed by atoms with Gasteiger partial charge in [-0.05, 0) is 12.0 Å². The molecule has 2 aromatic rings. The molecule has 3 rings (SSSR count). The number of anilines is 1. The summed E-state index contributed by atoms with van der Waals surface area (Å²) in [6.07, 6.45) is 6.43. The first-order chi connectivity index (χ1) is 10.2. The van der Waals surface area contributed by atoms with Crippen molar-refractivity contribution in [1.82, 2.24) is 14.5 Å². The van der Waals surface area contributed by atoms with Crippen molar-refractivity contribution in [3.63, 3.8) is 0 Å². The topological polar surface area (TPSA) is 87.9 Å². The Morgan fingerprint density at radius 1 is 1.57 bits per heavy atom. The highest BCUT2D eigenvalue weighted by Gasteiger charge is 2.25. The number of thiophene rings is 1. The van der Waals surface area contributed by atoms with Crippen LogP contribution in [0.2, 0.25) is 0 Å². The van der Waals surface area contributed by atoms with Crippen LogP contribution in [0, 0.1) is 11.3 Å². The average molecular weight is 301 g/mol. The highest BCUT2D eigenvalue weighted by atomic mass is 32.1.